The molecule has 0 radical (unpaired) electrons. The zero-order valence-electron chi connectivity index (χ0n) is 7.84. The van der Waals surface area contributed by atoms with Gasteiger partial charge in [0, 0.05) is 13.0 Å². The van der Waals surface area contributed by atoms with E-state index >= 15 is 0 Å². The van der Waals surface area contributed by atoms with E-state index in [9.17, 15) is 13.9 Å². The van der Waals surface area contributed by atoms with Crippen LogP contribution in [0.1, 0.15) is 12.5 Å². The highest BCUT2D eigenvalue weighted by molar-refractivity contribution is 5.19. The average molecular weight is 202 g/mol. The molecule has 1 N–H and O–H groups in total. The minimum absolute atomic E-state index is 0.0442. The van der Waals surface area contributed by atoms with Crippen LogP contribution in [0.4, 0.5) is 8.78 Å². The normalized spacial score (nSPS) is 12.9. The molecule has 0 heterocycles. The zero-order valence-corrected chi connectivity index (χ0v) is 7.84. The Morgan fingerprint density at radius 1 is 1.43 bits per heavy atom. The van der Waals surface area contributed by atoms with E-state index < -0.39 is 17.9 Å². The van der Waals surface area contributed by atoms with E-state index in [0.717, 1.165) is 6.07 Å². The van der Waals surface area contributed by atoms with Crippen LogP contribution in [0.3, 0.4) is 0 Å². The fourth-order valence-electron chi connectivity index (χ4n) is 1.15. The van der Waals surface area contributed by atoms with Gasteiger partial charge in [-0.15, -0.1) is 0 Å². The van der Waals surface area contributed by atoms with Gasteiger partial charge in [-0.25, -0.2) is 8.78 Å². The SMILES string of the molecule is CCOC(O)Cc1cccc(F)c1F. The van der Waals surface area contributed by atoms with Crippen LogP contribution in [0.2, 0.25) is 0 Å². The average Bonchev–Trinajstić information content (AvgIpc) is 2.13. The summed E-state index contributed by atoms with van der Waals surface area (Å²) < 4.78 is 30.6. The van der Waals surface area contributed by atoms with Crippen LogP contribution in [0.15, 0.2) is 18.2 Å². The van der Waals surface area contributed by atoms with Crippen molar-refractivity contribution >= 4 is 0 Å². The lowest BCUT2D eigenvalue weighted by Gasteiger charge is -2.10. The van der Waals surface area contributed by atoms with Gasteiger partial charge in [0.1, 0.15) is 0 Å². The Bertz CT molecular complexity index is 302. The van der Waals surface area contributed by atoms with Gasteiger partial charge in [-0.1, -0.05) is 12.1 Å². The molecule has 1 atom stereocenters. The molecule has 0 bridgehead atoms. The summed E-state index contributed by atoms with van der Waals surface area (Å²) in [7, 11) is 0. The smallest absolute Gasteiger partial charge is 0.162 e. The van der Waals surface area contributed by atoms with E-state index in [-0.39, 0.29) is 12.0 Å². The number of ether oxygens (including phenoxy) is 1. The highest BCUT2D eigenvalue weighted by atomic mass is 19.2. The van der Waals surface area contributed by atoms with Gasteiger partial charge < -0.3 is 9.84 Å². The molecular weight excluding hydrogens is 190 g/mol. The Morgan fingerprint density at radius 3 is 2.79 bits per heavy atom. The van der Waals surface area contributed by atoms with E-state index in [1.807, 2.05) is 0 Å². The first-order valence-corrected chi connectivity index (χ1v) is 4.37. The Balaban J connectivity index is 2.71. The molecular formula is C10H12F2O2. The van der Waals surface area contributed by atoms with Crippen molar-refractivity contribution < 1.29 is 18.6 Å². The summed E-state index contributed by atoms with van der Waals surface area (Å²) in [6, 6.07) is 3.85. The molecule has 0 saturated carbocycles. The molecule has 78 valence electrons. The van der Waals surface area contributed by atoms with Crippen LogP contribution in [0, 0.1) is 11.6 Å². The van der Waals surface area contributed by atoms with E-state index in [2.05, 4.69) is 0 Å². The molecule has 1 rings (SSSR count). The summed E-state index contributed by atoms with van der Waals surface area (Å²) >= 11 is 0. The molecule has 0 aliphatic heterocycles. The van der Waals surface area contributed by atoms with Crippen molar-refractivity contribution in [1.82, 2.24) is 0 Å². The Kier molecular flexibility index (Phi) is 3.98. The topological polar surface area (TPSA) is 29.5 Å². The lowest BCUT2D eigenvalue weighted by molar-refractivity contribution is -0.0932. The van der Waals surface area contributed by atoms with E-state index in [1.54, 1.807) is 6.92 Å². The minimum atomic E-state index is -1.09. The summed E-state index contributed by atoms with van der Waals surface area (Å²) in [6.45, 7) is 2.04. The van der Waals surface area contributed by atoms with E-state index in [4.69, 9.17) is 4.74 Å². The predicted molar refractivity (Wildman–Crippen MR) is 47.7 cm³/mol. The van der Waals surface area contributed by atoms with Crippen LogP contribution >= 0.6 is 0 Å². The fraction of sp³-hybridized carbons (Fsp3) is 0.400. The maximum Gasteiger partial charge on any atom is 0.162 e. The number of halogens is 2. The van der Waals surface area contributed by atoms with Crippen molar-refractivity contribution in [2.45, 2.75) is 19.6 Å². The molecule has 0 saturated heterocycles. The monoisotopic (exact) mass is 202 g/mol. The first-order valence-electron chi connectivity index (χ1n) is 4.37. The molecule has 1 aromatic carbocycles. The molecule has 4 heteroatoms. The van der Waals surface area contributed by atoms with Crippen LogP contribution in [-0.4, -0.2) is 18.0 Å². The van der Waals surface area contributed by atoms with Gasteiger partial charge in [0.25, 0.3) is 0 Å². The number of hydrogen-bond acceptors (Lipinski definition) is 2. The molecule has 0 aliphatic rings. The quantitative estimate of drug-likeness (QED) is 0.755. The van der Waals surface area contributed by atoms with Crippen molar-refractivity contribution in [2.24, 2.45) is 0 Å². The maximum atomic E-state index is 13.1. The molecule has 1 aromatic rings. The number of rotatable bonds is 4. The zero-order chi connectivity index (χ0) is 10.6. The predicted octanol–water partition coefficient (Wildman–Crippen LogP) is 1.86. The van der Waals surface area contributed by atoms with Crippen molar-refractivity contribution in [3.05, 3.63) is 35.4 Å². The molecule has 0 fully saturated rings. The highest BCUT2D eigenvalue weighted by Gasteiger charge is 2.11. The van der Waals surface area contributed by atoms with Gasteiger partial charge >= 0.3 is 0 Å². The minimum Gasteiger partial charge on any atom is -0.368 e. The Labute approximate surface area is 81.1 Å². The number of aliphatic hydroxyl groups excluding tert-OH is 1. The maximum absolute atomic E-state index is 13.1. The summed E-state index contributed by atoms with van der Waals surface area (Å²) in [5.74, 6) is -1.84. The second kappa shape index (κ2) is 5.02. The largest absolute Gasteiger partial charge is 0.368 e. The van der Waals surface area contributed by atoms with Crippen molar-refractivity contribution in [3.8, 4) is 0 Å². The molecule has 1 unspecified atom stereocenters. The van der Waals surface area contributed by atoms with Gasteiger partial charge in [0.05, 0.1) is 0 Å². The lowest BCUT2D eigenvalue weighted by atomic mass is 10.1. The van der Waals surface area contributed by atoms with E-state index in [1.165, 1.54) is 12.1 Å². The molecule has 0 amide bonds. The number of aliphatic hydroxyl groups is 1. The van der Waals surface area contributed by atoms with Crippen LogP contribution in [-0.2, 0) is 11.2 Å². The summed E-state index contributed by atoms with van der Waals surface area (Å²) in [5.41, 5.74) is 0.117. The highest BCUT2D eigenvalue weighted by Crippen LogP contribution is 2.13. The van der Waals surface area contributed by atoms with Gasteiger partial charge in [0.15, 0.2) is 17.9 Å². The Morgan fingerprint density at radius 2 is 2.14 bits per heavy atom. The fourth-order valence-corrected chi connectivity index (χ4v) is 1.15. The van der Waals surface area contributed by atoms with Gasteiger partial charge in [-0.2, -0.15) is 0 Å². The van der Waals surface area contributed by atoms with Gasteiger partial charge in [-0.3, -0.25) is 0 Å². The molecule has 2 nitrogen and oxygen atoms in total. The first-order chi connectivity index (χ1) is 6.65. The summed E-state index contributed by atoms with van der Waals surface area (Å²) in [5, 5.41) is 9.21. The van der Waals surface area contributed by atoms with Crippen molar-refractivity contribution in [1.29, 1.82) is 0 Å². The third-order valence-corrected chi connectivity index (χ3v) is 1.79. The van der Waals surface area contributed by atoms with Crippen molar-refractivity contribution in [3.63, 3.8) is 0 Å². The van der Waals surface area contributed by atoms with Crippen molar-refractivity contribution in [2.75, 3.05) is 6.61 Å². The van der Waals surface area contributed by atoms with Crippen LogP contribution in [0.25, 0.3) is 0 Å². The third kappa shape index (κ3) is 2.75. The van der Waals surface area contributed by atoms with E-state index in [0.29, 0.717) is 6.61 Å². The van der Waals surface area contributed by atoms with Gasteiger partial charge in [0.2, 0.25) is 0 Å². The lowest BCUT2D eigenvalue weighted by Crippen LogP contribution is -2.16. The van der Waals surface area contributed by atoms with Crippen LogP contribution in [0.5, 0.6) is 0 Å². The van der Waals surface area contributed by atoms with Crippen LogP contribution < -0.4 is 0 Å². The molecule has 0 aliphatic carbocycles. The summed E-state index contributed by atoms with van der Waals surface area (Å²) in [4.78, 5) is 0. The molecule has 14 heavy (non-hydrogen) atoms. The standard InChI is InChI=1S/C10H12F2O2/c1-2-14-9(13)6-7-4-3-5-8(11)10(7)12/h3-5,9,13H,2,6H2,1H3. The third-order valence-electron chi connectivity index (χ3n) is 1.79. The Hall–Kier alpha value is -1.00. The second-order valence-electron chi connectivity index (χ2n) is 2.83. The number of benzene rings is 1. The molecule has 0 spiro atoms. The summed E-state index contributed by atoms with van der Waals surface area (Å²) in [6.07, 6.45) is -1.13. The van der Waals surface area contributed by atoms with Gasteiger partial charge in [-0.05, 0) is 18.6 Å². The second-order valence-corrected chi connectivity index (χ2v) is 2.83. The first kappa shape index (κ1) is 11.1. The number of hydrogen-bond donors (Lipinski definition) is 1. The molecule has 0 aromatic heterocycles.